The molecule has 12 N–H and O–H groups in total. The molecule has 3 rings (SSSR count). The van der Waals surface area contributed by atoms with Gasteiger partial charge in [0.25, 0.3) is 0 Å². The third-order valence-electron chi connectivity index (χ3n) is 21.6. The van der Waals surface area contributed by atoms with Crippen molar-refractivity contribution in [2.75, 3.05) is 26.4 Å². The number of unbranched alkanes of at least 4 members (excludes halogenated alkanes) is 53. The van der Waals surface area contributed by atoms with Gasteiger partial charge in [-0.15, -0.1) is 0 Å². The first-order valence-corrected chi connectivity index (χ1v) is 42.4. The molecule has 0 aliphatic carbocycles. The molecule has 0 aromatic rings. The van der Waals surface area contributed by atoms with Crippen molar-refractivity contribution in [1.29, 1.82) is 0 Å². The monoisotopic (exact) mass is 1440 g/mol. The lowest BCUT2D eigenvalue weighted by Gasteiger charge is -2.48. The number of aliphatic hydroxyl groups excluding tert-OH is 11. The van der Waals surface area contributed by atoms with Gasteiger partial charge in [-0.05, 0) is 19.3 Å². The number of rotatable bonds is 69. The van der Waals surface area contributed by atoms with Crippen LogP contribution in [0.1, 0.15) is 373 Å². The van der Waals surface area contributed by atoms with E-state index in [0.717, 1.165) is 44.9 Å². The number of hydrogen-bond donors (Lipinski definition) is 12. The van der Waals surface area contributed by atoms with Gasteiger partial charge in [-0.1, -0.05) is 360 Å². The molecule has 19 heteroatoms. The molecular formula is C82H157NO18. The second kappa shape index (κ2) is 63.5. The number of nitrogens with one attached hydrogen (secondary N) is 1. The Morgan fingerprint density at radius 2 is 0.614 bits per heavy atom. The van der Waals surface area contributed by atoms with Gasteiger partial charge in [-0.2, -0.15) is 0 Å². The van der Waals surface area contributed by atoms with E-state index in [2.05, 4.69) is 19.2 Å². The summed E-state index contributed by atoms with van der Waals surface area (Å²) in [5, 5.41) is 121. The highest BCUT2D eigenvalue weighted by molar-refractivity contribution is 5.76. The molecule has 1 amide bonds. The third kappa shape index (κ3) is 43.3. The van der Waals surface area contributed by atoms with E-state index in [0.29, 0.717) is 6.42 Å². The van der Waals surface area contributed by atoms with Gasteiger partial charge in [0.1, 0.15) is 73.2 Å². The number of amides is 1. The van der Waals surface area contributed by atoms with Crippen LogP contribution in [-0.2, 0) is 33.2 Å². The van der Waals surface area contributed by atoms with Crippen molar-refractivity contribution in [3.8, 4) is 0 Å². The Morgan fingerprint density at radius 3 is 0.931 bits per heavy atom. The summed E-state index contributed by atoms with van der Waals surface area (Å²) in [6.07, 6.45) is 49.3. The summed E-state index contributed by atoms with van der Waals surface area (Å²) in [5.74, 6) is -0.266. The van der Waals surface area contributed by atoms with Crippen molar-refractivity contribution in [2.24, 2.45) is 0 Å². The molecule has 0 bridgehead atoms. The number of carbonyl (C=O) groups is 1. The summed E-state index contributed by atoms with van der Waals surface area (Å²) >= 11 is 0. The van der Waals surface area contributed by atoms with Crippen molar-refractivity contribution in [3.63, 3.8) is 0 Å². The summed E-state index contributed by atoms with van der Waals surface area (Å²) in [7, 11) is 0. The Labute approximate surface area is 614 Å². The quantitative estimate of drug-likeness (QED) is 0.0199. The SMILES string of the molecule is CCCCCCCCCCCCCCCCCCCCCC/C=C/C(O)C(COC1OC(CO)C(OC2OC(CO)C(OC3OC(CO)C(O)C(O)C3O)C(O)C2O)C(O)C1O)NC(=O)CCCCCCCCCCCCCCCCCCCCCCCCCCCCCCCCCCCC. The van der Waals surface area contributed by atoms with Crippen molar-refractivity contribution in [1.82, 2.24) is 5.32 Å². The molecule has 598 valence electrons. The average Bonchev–Trinajstić information content (AvgIpc) is 0.782. The molecule has 0 radical (unpaired) electrons. The van der Waals surface area contributed by atoms with Crippen LogP contribution in [0.4, 0.5) is 0 Å². The van der Waals surface area contributed by atoms with Crippen LogP contribution < -0.4 is 5.32 Å². The van der Waals surface area contributed by atoms with Crippen LogP contribution in [0.2, 0.25) is 0 Å². The first-order chi connectivity index (χ1) is 49.3. The fourth-order valence-electron chi connectivity index (χ4n) is 14.8. The highest BCUT2D eigenvalue weighted by atomic mass is 16.8. The molecule has 0 aromatic heterocycles. The molecule has 0 spiro atoms. The zero-order chi connectivity index (χ0) is 73.2. The first kappa shape index (κ1) is 93.7. The zero-order valence-electron chi connectivity index (χ0n) is 64.2. The smallest absolute Gasteiger partial charge is 0.220 e. The second-order valence-electron chi connectivity index (χ2n) is 30.7. The minimum absolute atomic E-state index is 0.250. The molecule has 0 saturated carbocycles. The molecule has 3 aliphatic rings. The summed E-state index contributed by atoms with van der Waals surface area (Å²) in [5.41, 5.74) is 0. The van der Waals surface area contributed by atoms with E-state index >= 15 is 0 Å². The number of hydrogen-bond acceptors (Lipinski definition) is 18. The lowest BCUT2D eigenvalue weighted by atomic mass is 9.96. The van der Waals surface area contributed by atoms with Crippen LogP contribution >= 0.6 is 0 Å². The second-order valence-corrected chi connectivity index (χ2v) is 30.7. The predicted octanol–water partition coefficient (Wildman–Crippen LogP) is 14.7. The van der Waals surface area contributed by atoms with Crippen LogP contribution in [-0.4, -0.2) is 193 Å². The first-order valence-electron chi connectivity index (χ1n) is 42.4. The van der Waals surface area contributed by atoms with E-state index < -0.39 is 124 Å². The van der Waals surface area contributed by atoms with Gasteiger partial charge < -0.3 is 89.9 Å². The van der Waals surface area contributed by atoms with E-state index in [1.807, 2.05) is 6.08 Å². The number of aliphatic hydroxyl groups is 11. The van der Waals surface area contributed by atoms with Crippen molar-refractivity contribution in [2.45, 2.75) is 478 Å². The molecule has 3 fully saturated rings. The van der Waals surface area contributed by atoms with Crippen LogP contribution in [0.5, 0.6) is 0 Å². The largest absolute Gasteiger partial charge is 0.394 e. The van der Waals surface area contributed by atoms with Crippen LogP contribution in [0.15, 0.2) is 12.2 Å². The molecule has 17 atom stereocenters. The number of carbonyl (C=O) groups excluding carboxylic acids is 1. The standard InChI is InChI=1S/C82H157NO18/c1-3-5-7-9-11-13-15-17-19-21-23-25-27-28-29-30-31-32-33-34-35-36-37-38-40-42-44-46-48-50-52-54-56-58-60-70(88)83-65(66(87)59-57-55-53-51-49-47-45-43-41-39-26-24-22-20-18-16-14-12-10-8-6-4-2)64-96-80-76(94)73(91)78(68(62-85)98-80)101-82-77(95)74(92)79(69(63-86)99-82)100-81-75(93)72(90)71(89)67(61-84)97-81/h57,59,65-69,71-82,84-87,89-95H,3-56,58,60-64H2,1-2H3,(H,83,88)/b59-57+. The van der Waals surface area contributed by atoms with E-state index in [9.17, 15) is 61.0 Å². The van der Waals surface area contributed by atoms with Gasteiger partial charge in [0.15, 0.2) is 18.9 Å². The van der Waals surface area contributed by atoms with Crippen LogP contribution in [0.25, 0.3) is 0 Å². The normalized spacial score (nSPS) is 26.3. The van der Waals surface area contributed by atoms with Gasteiger partial charge in [-0.25, -0.2) is 0 Å². The van der Waals surface area contributed by atoms with E-state index in [4.69, 9.17) is 28.4 Å². The lowest BCUT2D eigenvalue weighted by molar-refractivity contribution is -0.379. The molecule has 101 heavy (non-hydrogen) atoms. The van der Waals surface area contributed by atoms with Crippen molar-refractivity contribution >= 4 is 5.91 Å². The molecule has 3 aliphatic heterocycles. The number of ether oxygens (including phenoxy) is 6. The Hall–Kier alpha value is -1.47. The molecule has 3 saturated heterocycles. The maximum atomic E-state index is 13.5. The molecule has 17 unspecified atom stereocenters. The minimum Gasteiger partial charge on any atom is -0.394 e. The molecule has 0 aromatic carbocycles. The summed E-state index contributed by atoms with van der Waals surface area (Å²) in [6.45, 7) is 1.81. The maximum absolute atomic E-state index is 13.5. The molecule has 19 nitrogen and oxygen atoms in total. The van der Waals surface area contributed by atoms with Gasteiger partial charge in [0, 0.05) is 6.42 Å². The molecule has 3 heterocycles. The highest BCUT2D eigenvalue weighted by Crippen LogP contribution is 2.33. The van der Waals surface area contributed by atoms with Crippen LogP contribution in [0, 0.1) is 0 Å². The Balaban J connectivity index is 1.33. The Kier molecular flexibility index (Phi) is 58.9. The summed E-state index contributed by atoms with van der Waals surface area (Å²) in [4.78, 5) is 13.5. The Morgan fingerprint density at radius 1 is 0.347 bits per heavy atom. The van der Waals surface area contributed by atoms with Gasteiger partial charge in [0.2, 0.25) is 5.91 Å². The fourth-order valence-corrected chi connectivity index (χ4v) is 14.8. The van der Waals surface area contributed by atoms with Gasteiger partial charge in [0.05, 0.1) is 38.6 Å². The van der Waals surface area contributed by atoms with Crippen molar-refractivity contribution < 1.29 is 89.4 Å². The van der Waals surface area contributed by atoms with Gasteiger partial charge >= 0.3 is 0 Å². The Bertz CT molecular complexity index is 1870. The summed E-state index contributed by atoms with van der Waals surface area (Å²) < 4.78 is 34.5. The van der Waals surface area contributed by atoms with E-state index in [1.54, 1.807) is 6.08 Å². The maximum Gasteiger partial charge on any atom is 0.220 e. The topological polar surface area (TPSA) is 307 Å². The highest BCUT2D eigenvalue weighted by Gasteiger charge is 2.54. The predicted molar refractivity (Wildman–Crippen MR) is 402 cm³/mol. The lowest BCUT2D eigenvalue weighted by Crippen LogP contribution is -2.66. The van der Waals surface area contributed by atoms with Gasteiger partial charge in [-0.3, -0.25) is 4.79 Å². The number of allylic oxidation sites excluding steroid dienone is 1. The summed E-state index contributed by atoms with van der Waals surface area (Å²) in [6, 6.07) is -0.970. The third-order valence-corrected chi connectivity index (χ3v) is 21.6. The average molecular weight is 1450 g/mol. The zero-order valence-corrected chi connectivity index (χ0v) is 64.2. The van der Waals surface area contributed by atoms with E-state index in [1.165, 1.54) is 302 Å². The van der Waals surface area contributed by atoms with Crippen LogP contribution in [0.3, 0.4) is 0 Å². The van der Waals surface area contributed by atoms with Crippen molar-refractivity contribution in [3.05, 3.63) is 12.2 Å². The van der Waals surface area contributed by atoms with E-state index in [-0.39, 0.29) is 18.9 Å². The molecular weight excluding hydrogens is 1290 g/mol. The minimum atomic E-state index is -1.98. The fraction of sp³-hybridized carbons (Fsp3) is 0.963.